The predicted octanol–water partition coefficient (Wildman–Crippen LogP) is 2.58. The van der Waals surface area contributed by atoms with Crippen molar-refractivity contribution in [3.63, 3.8) is 0 Å². The summed E-state index contributed by atoms with van der Waals surface area (Å²) in [5, 5.41) is 0. The number of carbonyl (C=O) groups is 1. The number of H-pyrrole nitrogens is 1. The molecule has 1 aliphatic heterocycles. The van der Waals surface area contributed by atoms with Crippen LogP contribution in [0.25, 0.3) is 16.6 Å². The third kappa shape index (κ3) is 3.22. The Bertz CT molecular complexity index is 1140. The highest BCUT2D eigenvalue weighted by atomic mass is 16.5. The maximum atomic E-state index is 12.9. The van der Waals surface area contributed by atoms with Crippen LogP contribution in [0.1, 0.15) is 41.7 Å². The van der Waals surface area contributed by atoms with Crippen molar-refractivity contribution in [1.29, 1.82) is 0 Å². The lowest BCUT2D eigenvalue weighted by Crippen LogP contribution is -2.27. The molecule has 0 atom stereocenters. The molecule has 0 bridgehead atoms. The van der Waals surface area contributed by atoms with Crippen molar-refractivity contribution >= 4 is 28.4 Å². The Hall–Kier alpha value is -3.03. The van der Waals surface area contributed by atoms with Crippen LogP contribution in [-0.2, 0) is 0 Å². The van der Waals surface area contributed by atoms with Gasteiger partial charge < -0.3 is 19.5 Å². The summed E-state index contributed by atoms with van der Waals surface area (Å²) in [5.41, 5.74) is 2.78. The molecular formula is C21H27N5O3. The van der Waals surface area contributed by atoms with Crippen LogP contribution >= 0.6 is 0 Å². The lowest BCUT2D eigenvalue weighted by Gasteiger charge is -2.21. The summed E-state index contributed by atoms with van der Waals surface area (Å²) in [6, 6.07) is 3.51. The molecule has 8 nitrogen and oxygen atoms in total. The van der Waals surface area contributed by atoms with E-state index in [1.54, 1.807) is 27.3 Å². The normalized spacial score (nSPS) is 15.0. The number of aryl methyl sites for hydroxylation is 1. The van der Waals surface area contributed by atoms with Crippen LogP contribution in [0, 0.1) is 6.92 Å². The average Bonchev–Trinajstić information content (AvgIpc) is 2.87. The monoisotopic (exact) mass is 397 g/mol. The van der Waals surface area contributed by atoms with Gasteiger partial charge in [0.15, 0.2) is 0 Å². The third-order valence-electron chi connectivity index (χ3n) is 5.58. The zero-order valence-corrected chi connectivity index (χ0v) is 17.4. The molecular weight excluding hydrogens is 370 g/mol. The van der Waals surface area contributed by atoms with Crippen LogP contribution in [0.3, 0.4) is 0 Å². The van der Waals surface area contributed by atoms with E-state index in [1.807, 2.05) is 17.4 Å². The number of benzene rings is 1. The lowest BCUT2D eigenvalue weighted by molar-refractivity contribution is 0.0824. The minimum atomic E-state index is -0.211. The van der Waals surface area contributed by atoms with Gasteiger partial charge in [0.2, 0.25) is 5.95 Å². The van der Waals surface area contributed by atoms with Crippen molar-refractivity contribution < 1.29 is 9.53 Å². The molecule has 0 radical (unpaired) electrons. The molecule has 0 aliphatic carbocycles. The summed E-state index contributed by atoms with van der Waals surface area (Å²) in [6.45, 7) is 3.70. The van der Waals surface area contributed by atoms with E-state index in [0.29, 0.717) is 28.0 Å². The molecule has 1 aliphatic rings. The van der Waals surface area contributed by atoms with Crippen molar-refractivity contribution in [2.24, 2.45) is 0 Å². The van der Waals surface area contributed by atoms with Gasteiger partial charge in [0, 0.05) is 33.3 Å². The maximum absolute atomic E-state index is 12.9. The van der Waals surface area contributed by atoms with Gasteiger partial charge in [-0.25, -0.2) is 4.98 Å². The molecule has 1 aromatic carbocycles. The van der Waals surface area contributed by atoms with E-state index in [9.17, 15) is 9.59 Å². The number of nitrogens with zero attached hydrogens (tertiary/aromatic N) is 4. The van der Waals surface area contributed by atoms with E-state index in [1.165, 1.54) is 17.7 Å². The van der Waals surface area contributed by atoms with Crippen molar-refractivity contribution in [1.82, 2.24) is 19.3 Å². The molecule has 3 aromatic rings. The number of hydrogen-bond donors (Lipinski definition) is 1. The van der Waals surface area contributed by atoms with E-state index in [0.717, 1.165) is 37.4 Å². The molecule has 0 saturated carbocycles. The Morgan fingerprint density at radius 2 is 1.86 bits per heavy atom. The summed E-state index contributed by atoms with van der Waals surface area (Å²) in [5.74, 6) is 1.07. The highest BCUT2D eigenvalue weighted by Gasteiger charge is 2.23. The molecule has 2 aromatic heterocycles. The molecule has 1 N–H and O–H groups in total. The van der Waals surface area contributed by atoms with Gasteiger partial charge in [-0.05, 0) is 25.8 Å². The number of nitrogens with one attached hydrogen (secondary N) is 1. The van der Waals surface area contributed by atoms with Gasteiger partial charge in [0.05, 0.1) is 29.4 Å². The van der Waals surface area contributed by atoms with Gasteiger partial charge in [-0.2, -0.15) is 0 Å². The second-order valence-corrected chi connectivity index (χ2v) is 7.81. The lowest BCUT2D eigenvalue weighted by atomic mass is 10.1. The minimum Gasteiger partial charge on any atom is -0.496 e. The summed E-state index contributed by atoms with van der Waals surface area (Å²) >= 11 is 0. The molecule has 1 amide bonds. The number of fused-ring (bicyclic) bond motifs is 3. The van der Waals surface area contributed by atoms with Crippen LogP contribution in [-0.4, -0.2) is 59.5 Å². The molecule has 8 heteroatoms. The Morgan fingerprint density at radius 3 is 2.48 bits per heavy atom. The average molecular weight is 397 g/mol. The van der Waals surface area contributed by atoms with Crippen LogP contribution in [0.15, 0.2) is 16.9 Å². The number of aromatic nitrogens is 3. The molecule has 0 unspecified atom stereocenters. The molecule has 1 saturated heterocycles. The second-order valence-electron chi connectivity index (χ2n) is 7.81. The van der Waals surface area contributed by atoms with Gasteiger partial charge in [0.1, 0.15) is 11.3 Å². The molecule has 3 heterocycles. The van der Waals surface area contributed by atoms with E-state index in [-0.39, 0.29) is 11.5 Å². The number of ether oxygens (including phenoxy) is 1. The Labute approximate surface area is 169 Å². The topological polar surface area (TPSA) is 82.9 Å². The number of imidazole rings is 1. The zero-order valence-electron chi connectivity index (χ0n) is 17.4. The number of methoxy groups -OCH3 is 1. The summed E-state index contributed by atoms with van der Waals surface area (Å²) < 4.78 is 7.45. The first-order valence-corrected chi connectivity index (χ1v) is 10.0. The van der Waals surface area contributed by atoms with E-state index >= 15 is 0 Å². The van der Waals surface area contributed by atoms with Crippen molar-refractivity contribution in [2.45, 2.75) is 32.6 Å². The Morgan fingerprint density at radius 1 is 1.17 bits per heavy atom. The first-order valence-electron chi connectivity index (χ1n) is 10.0. The number of rotatable bonds is 3. The fraction of sp³-hybridized carbons (Fsp3) is 0.476. The van der Waals surface area contributed by atoms with Gasteiger partial charge in [-0.1, -0.05) is 12.8 Å². The summed E-state index contributed by atoms with van der Waals surface area (Å²) in [6.07, 6.45) is 4.65. The van der Waals surface area contributed by atoms with Crippen molar-refractivity contribution in [2.75, 3.05) is 39.2 Å². The fourth-order valence-electron chi connectivity index (χ4n) is 4.10. The van der Waals surface area contributed by atoms with Gasteiger partial charge in [0.25, 0.3) is 11.5 Å². The first kappa shape index (κ1) is 19.3. The first-order chi connectivity index (χ1) is 13.9. The minimum absolute atomic E-state index is 0.181. The van der Waals surface area contributed by atoms with Crippen LogP contribution < -0.4 is 15.2 Å². The van der Waals surface area contributed by atoms with Crippen LogP contribution in [0.5, 0.6) is 5.75 Å². The maximum Gasteiger partial charge on any atom is 0.274 e. The molecule has 29 heavy (non-hydrogen) atoms. The fourth-order valence-corrected chi connectivity index (χ4v) is 4.10. The van der Waals surface area contributed by atoms with Crippen molar-refractivity contribution in [3.8, 4) is 5.75 Å². The molecule has 154 valence electrons. The number of amides is 1. The SMILES string of the molecule is COc1cc2c(cc1C(=O)N(C)C)[nH]c(=O)c1c(C)nc(N3CCCCCC3)n12. The molecule has 1 fully saturated rings. The quantitative estimate of drug-likeness (QED) is 0.734. The van der Waals surface area contributed by atoms with Gasteiger partial charge in [-0.15, -0.1) is 0 Å². The zero-order chi connectivity index (χ0) is 20.7. The molecule has 0 spiro atoms. The van der Waals surface area contributed by atoms with E-state index < -0.39 is 0 Å². The smallest absolute Gasteiger partial charge is 0.274 e. The summed E-state index contributed by atoms with van der Waals surface area (Å²) in [7, 11) is 4.93. The van der Waals surface area contributed by atoms with E-state index in [4.69, 9.17) is 9.72 Å². The second kappa shape index (κ2) is 7.42. The van der Waals surface area contributed by atoms with Crippen molar-refractivity contribution in [3.05, 3.63) is 33.7 Å². The third-order valence-corrected chi connectivity index (χ3v) is 5.58. The van der Waals surface area contributed by atoms with Crippen LogP contribution in [0.2, 0.25) is 0 Å². The number of anilines is 1. The highest BCUT2D eigenvalue weighted by molar-refractivity contribution is 6.00. The number of aromatic amines is 1. The highest BCUT2D eigenvalue weighted by Crippen LogP contribution is 2.30. The van der Waals surface area contributed by atoms with Gasteiger partial charge >= 0.3 is 0 Å². The van der Waals surface area contributed by atoms with Crippen LogP contribution in [0.4, 0.5) is 5.95 Å². The molecule has 4 rings (SSSR count). The van der Waals surface area contributed by atoms with Gasteiger partial charge in [-0.3, -0.25) is 14.0 Å². The predicted molar refractivity (Wildman–Crippen MR) is 113 cm³/mol. The largest absolute Gasteiger partial charge is 0.496 e. The Kier molecular flexibility index (Phi) is 4.94. The number of carbonyl (C=O) groups excluding carboxylic acids is 1. The number of hydrogen-bond acceptors (Lipinski definition) is 5. The summed E-state index contributed by atoms with van der Waals surface area (Å²) in [4.78, 5) is 36.9. The Balaban J connectivity index is 2.03. The standard InChI is InChI=1S/C21H27N5O3/c1-13-18-19(27)23-15-11-14(20(28)24(2)3)17(29-4)12-16(15)26(18)21(22-13)25-9-7-5-6-8-10-25/h11-12H,5-10H2,1-4H3,(H,23,27). The van der Waals surface area contributed by atoms with E-state index in [2.05, 4.69) is 9.88 Å².